The standard InChI is InChI=1S/C10H13FN2O2/c1-3-15-9(14)7-13(2)10-8(11)5-4-6-12-10/h4-6H,3,7H2,1-2H3. The van der Waals surface area contributed by atoms with Crippen LogP contribution in [-0.4, -0.2) is 31.2 Å². The number of carbonyl (C=O) groups excluding carboxylic acids is 1. The van der Waals surface area contributed by atoms with Crippen LogP contribution in [0.4, 0.5) is 10.2 Å². The van der Waals surface area contributed by atoms with Crippen LogP contribution in [0.15, 0.2) is 18.3 Å². The lowest BCUT2D eigenvalue weighted by atomic mass is 10.4. The Hall–Kier alpha value is -1.65. The van der Waals surface area contributed by atoms with E-state index < -0.39 is 11.8 Å². The van der Waals surface area contributed by atoms with Gasteiger partial charge in [0.1, 0.15) is 6.54 Å². The molecule has 0 bridgehead atoms. The molecule has 0 atom stereocenters. The maximum atomic E-state index is 13.2. The smallest absolute Gasteiger partial charge is 0.325 e. The first-order valence-electron chi connectivity index (χ1n) is 4.62. The molecule has 0 amide bonds. The lowest BCUT2D eigenvalue weighted by Gasteiger charge is -2.16. The average molecular weight is 212 g/mol. The lowest BCUT2D eigenvalue weighted by molar-refractivity contribution is -0.141. The van der Waals surface area contributed by atoms with Gasteiger partial charge in [-0.25, -0.2) is 9.37 Å². The third kappa shape index (κ3) is 3.19. The summed E-state index contributed by atoms with van der Waals surface area (Å²) in [4.78, 5) is 16.4. The minimum Gasteiger partial charge on any atom is -0.465 e. The van der Waals surface area contributed by atoms with E-state index in [4.69, 9.17) is 4.74 Å². The van der Waals surface area contributed by atoms with Gasteiger partial charge in [-0.05, 0) is 19.1 Å². The molecule has 0 unspecified atom stereocenters. The van der Waals surface area contributed by atoms with Crippen molar-refractivity contribution < 1.29 is 13.9 Å². The van der Waals surface area contributed by atoms with Crippen LogP contribution in [0.3, 0.4) is 0 Å². The van der Waals surface area contributed by atoms with Gasteiger partial charge >= 0.3 is 5.97 Å². The van der Waals surface area contributed by atoms with E-state index in [0.29, 0.717) is 6.61 Å². The molecule has 0 aliphatic heterocycles. The fraction of sp³-hybridized carbons (Fsp3) is 0.400. The van der Waals surface area contributed by atoms with Gasteiger partial charge in [-0.15, -0.1) is 0 Å². The van der Waals surface area contributed by atoms with Crippen molar-refractivity contribution in [1.29, 1.82) is 0 Å². The van der Waals surface area contributed by atoms with Crippen LogP contribution in [0.5, 0.6) is 0 Å². The van der Waals surface area contributed by atoms with Crippen molar-refractivity contribution in [1.82, 2.24) is 4.98 Å². The molecule has 0 spiro atoms. The summed E-state index contributed by atoms with van der Waals surface area (Å²) in [6, 6.07) is 2.79. The number of hydrogen-bond donors (Lipinski definition) is 0. The highest BCUT2D eigenvalue weighted by molar-refractivity contribution is 5.75. The zero-order valence-corrected chi connectivity index (χ0v) is 8.74. The Kier molecular flexibility index (Phi) is 4.03. The van der Waals surface area contributed by atoms with Crippen LogP contribution in [0.1, 0.15) is 6.92 Å². The molecule has 0 aromatic carbocycles. The van der Waals surface area contributed by atoms with E-state index in [9.17, 15) is 9.18 Å². The molecule has 0 saturated carbocycles. The largest absolute Gasteiger partial charge is 0.465 e. The number of aromatic nitrogens is 1. The second-order valence-electron chi connectivity index (χ2n) is 2.97. The molecule has 4 nitrogen and oxygen atoms in total. The number of rotatable bonds is 4. The van der Waals surface area contributed by atoms with Gasteiger partial charge in [0.2, 0.25) is 0 Å². The van der Waals surface area contributed by atoms with E-state index in [1.54, 1.807) is 14.0 Å². The summed E-state index contributed by atoms with van der Waals surface area (Å²) < 4.78 is 18.0. The molecule has 0 aliphatic carbocycles. The van der Waals surface area contributed by atoms with Gasteiger partial charge in [0.15, 0.2) is 11.6 Å². The van der Waals surface area contributed by atoms with Crippen molar-refractivity contribution in [2.75, 3.05) is 25.1 Å². The zero-order valence-electron chi connectivity index (χ0n) is 8.74. The highest BCUT2D eigenvalue weighted by Gasteiger charge is 2.12. The Morgan fingerprint density at radius 2 is 2.40 bits per heavy atom. The van der Waals surface area contributed by atoms with Crippen LogP contribution in [0.25, 0.3) is 0 Å². The molecule has 0 radical (unpaired) electrons. The molecule has 5 heteroatoms. The molecule has 1 aromatic heterocycles. The van der Waals surface area contributed by atoms with E-state index >= 15 is 0 Å². The number of esters is 1. The van der Waals surface area contributed by atoms with Gasteiger partial charge in [0.05, 0.1) is 6.61 Å². The molecule has 1 aromatic rings. The molecule has 0 fully saturated rings. The number of carbonyl (C=O) groups is 1. The molecular weight excluding hydrogens is 199 g/mol. The Morgan fingerprint density at radius 3 is 3.00 bits per heavy atom. The molecule has 0 aliphatic rings. The first-order valence-corrected chi connectivity index (χ1v) is 4.62. The van der Waals surface area contributed by atoms with Crippen molar-refractivity contribution in [2.24, 2.45) is 0 Å². The van der Waals surface area contributed by atoms with Gasteiger partial charge in [-0.2, -0.15) is 0 Å². The van der Waals surface area contributed by atoms with Crippen LogP contribution in [-0.2, 0) is 9.53 Å². The van der Waals surface area contributed by atoms with Crippen LogP contribution in [0.2, 0.25) is 0 Å². The first kappa shape index (κ1) is 11.4. The number of hydrogen-bond acceptors (Lipinski definition) is 4. The van der Waals surface area contributed by atoms with Gasteiger partial charge in [-0.1, -0.05) is 0 Å². The van der Waals surface area contributed by atoms with Crippen molar-refractivity contribution in [2.45, 2.75) is 6.92 Å². The number of halogens is 1. The second-order valence-corrected chi connectivity index (χ2v) is 2.97. The average Bonchev–Trinajstić information content (AvgIpc) is 2.18. The highest BCUT2D eigenvalue weighted by Crippen LogP contribution is 2.12. The Balaban J connectivity index is 2.65. The summed E-state index contributed by atoms with van der Waals surface area (Å²) >= 11 is 0. The Morgan fingerprint density at radius 1 is 1.67 bits per heavy atom. The van der Waals surface area contributed by atoms with Gasteiger partial charge in [-0.3, -0.25) is 4.79 Å². The highest BCUT2D eigenvalue weighted by atomic mass is 19.1. The molecule has 15 heavy (non-hydrogen) atoms. The van der Waals surface area contributed by atoms with Crippen LogP contribution >= 0.6 is 0 Å². The van der Waals surface area contributed by atoms with E-state index in [1.807, 2.05) is 0 Å². The van der Waals surface area contributed by atoms with E-state index in [-0.39, 0.29) is 12.4 Å². The second kappa shape index (κ2) is 5.29. The van der Waals surface area contributed by atoms with Crippen molar-refractivity contribution in [3.8, 4) is 0 Å². The predicted molar refractivity (Wildman–Crippen MR) is 54.1 cm³/mol. The molecule has 1 heterocycles. The number of ether oxygens (including phenoxy) is 1. The van der Waals surface area contributed by atoms with E-state index in [1.165, 1.54) is 23.2 Å². The number of nitrogens with zero attached hydrogens (tertiary/aromatic N) is 2. The number of pyridine rings is 1. The maximum absolute atomic E-state index is 13.2. The minimum absolute atomic E-state index is 0.0121. The first-order chi connectivity index (χ1) is 7.15. The summed E-state index contributed by atoms with van der Waals surface area (Å²) in [7, 11) is 1.59. The van der Waals surface area contributed by atoms with Crippen molar-refractivity contribution in [3.05, 3.63) is 24.1 Å². The lowest BCUT2D eigenvalue weighted by Crippen LogP contribution is -2.28. The summed E-state index contributed by atoms with van der Waals surface area (Å²) in [6.07, 6.45) is 1.47. The quantitative estimate of drug-likeness (QED) is 0.704. The van der Waals surface area contributed by atoms with Crippen molar-refractivity contribution >= 4 is 11.8 Å². The molecular formula is C10H13FN2O2. The van der Waals surface area contributed by atoms with E-state index in [0.717, 1.165) is 0 Å². The van der Waals surface area contributed by atoms with Crippen LogP contribution < -0.4 is 4.90 Å². The monoisotopic (exact) mass is 212 g/mol. The fourth-order valence-electron chi connectivity index (χ4n) is 1.13. The normalized spacial score (nSPS) is 9.80. The number of anilines is 1. The van der Waals surface area contributed by atoms with Gasteiger partial charge in [0.25, 0.3) is 0 Å². The fourth-order valence-corrected chi connectivity index (χ4v) is 1.13. The summed E-state index contributed by atoms with van der Waals surface area (Å²) in [6.45, 7) is 2.03. The van der Waals surface area contributed by atoms with Crippen LogP contribution in [0, 0.1) is 5.82 Å². The topological polar surface area (TPSA) is 42.4 Å². The molecule has 0 N–H and O–H groups in total. The Labute approximate surface area is 87.7 Å². The zero-order chi connectivity index (χ0) is 11.3. The third-order valence-electron chi connectivity index (χ3n) is 1.77. The predicted octanol–water partition coefficient (Wildman–Crippen LogP) is 1.22. The molecule has 82 valence electrons. The summed E-state index contributed by atoms with van der Waals surface area (Å²) in [5.41, 5.74) is 0. The van der Waals surface area contributed by atoms with E-state index in [2.05, 4.69) is 4.98 Å². The SMILES string of the molecule is CCOC(=O)CN(C)c1ncccc1F. The van der Waals surface area contributed by atoms with Gasteiger partial charge < -0.3 is 9.64 Å². The summed E-state index contributed by atoms with van der Waals surface area (Å²) in [5.74, 6) is -0.708. The number of likely N-dealkylation sites (N-methyl/N-ethyl adjacent to an activating group) is 1. The molecule has 1 rings (SSSR count). The maximum Gasteiger partial charge on any atom is 0.325 e. The summed E-state index contributed by atoms with van der Waals surface area (Å²) in [5, 5.41) is 0. The molecule has 0 saturated heterocycles. The van der Waals surface area contributed by atoms with Crippen molar-refractivity contribution in [3.63, 3.8) is 0 Å². The minimum atomic E-state index is -0.454. The Bertz CT molecular complexity index is 344. The third-order valence-corrected chi connectivity index (χ3v) is 1.77. The van der Waals surface area contributed by atoms with Gasteiger partial charge in [0, 0.05) is 13.2 Å².